The molecular weight excluding hydrogens is 401 g/mol. The third-order valence-electron chi connectivity index (χ3n) is 4.47. The van der Waals surface area contributed by atoms with Crippen molar-refractivity contribution in [1.82, 2.24) is 25.1 Å². The van der Waals surface area contributed by atoms with Gasteiger partial charge in [0, 0.05) is 31.0 Å². The molecular formula is C19H17F3N6O2. The van der Waals surface area contributed by atoms with Gasteiger partial charge in [0.2, 0.25) is 0 Å². The van der Waals surface area contributed by atoms with Crippen molar-refractivity contribution >= 4 is 11.6 Å². The van der Waals surface area contributed by atoms with Gasteiger partial charge in [-0.2, -0.15) is 18.3 Å². The van der Waals surface area contributed by atoms with Crippen LogP contribution >= 0.6 is 0 Å². The molecule has 11 heteroatoms. The fraction of sp³-hybridized carbons (Fsp3) is 0.263. The van der Waals surface area contributed by atoms with Crippen LogP contribution in [0.1, 0.15) is 27.8 Å². The van der Waals surface area contributed by atoms with Gasteiger partial charge in [0.1, 0.15) is 12.0 Å². The number of nitrogens with one attached hydrogen (secondary N) is 2. The van der Waals surface area contributed by atoms with Crippen LogP contribution < -0.4 is 10.6 Å². The number of nitrogens with zero attached hydrogens (tertiary/aromatic N) is 4. The van der Waals surface area contributed by atoms with E-state index in [1.165, 1.54) is 12.3 Å². The zero-order valence-electron chi connectivity index (χ0n) is 15.6. The summed E-state index contributed by atoms with van der Waals surface area (Å²) >= 11 is 0. The van der Waals surface area contributed by atoms with Crippen LogP contribution in [0.4, 0.5) is 18.9 Å². The first-order chi connectivity index (χ1) is 14.4. The van der Waals surface area contributed by atoms with Crippen molar-refractivity contribution in [2.45, 2.75) is 12.3 Å². The van der Waals surface area contributed by atoms with Crippen molar-refractivity contribution in [2.75, 3.05) is 25.0 Å². The molecule has 0 radical (unpaired) electrons. The number of carbonyl (C=O) groups excluding carboxylic acids is 1. The van der Waals surface area contributed by atoms with E-state index in [1.807, 2.05) is 12.1 Å². The molecule has 1 aliphatic rings. The SMILES string of the molecule is O=C(Nc1ccc(C2CNCCO2)cc1)c1ccn(-c2cc(C(F)(F)F)ncn2)n1. The number of rotatable bonds is 4. The Morgan fingerprint density at radius 1 is 1.20 bits per heavy atom. The van der Waals surface area contributed by atoms with E-state index < -0.39 is 17.8 Å². The minimum absolute atomic E-state index is 0.0334. The Labute approximate surface area is 169 Å². The van der Waals surface area contributed by atoms with Crippen molar-refractivity contribution < 1.29 is 22.7 Å². The van der Waals surface area contributed by atoms with Gasteiger partial charge in [-0.1, -0.05) is 12.1 Å². The minimum Gasteiger partial charge on any atom is -0.371 e. The number of hydrogen-bond acceptors (Lipinski definition) is 6. The van der Waals surface area contributed by atoms with E-state index in [0.717, 1.165) is 35.7 Å². The Balaban J connectivity index is 1.44. The van der Waals surface area contributed by atoms with Crippen LogP contribution in [0.25, 0.3) is 5.82 Å². The van der Waals surface area contributed by atoms with Gasteiger partial charge in [0.15, 0.2) is 11.5 Å². The van der Waals surface area contributed by atoms with Gasteiger partial charge in [-0.25, -0.2) is 14.6 Å². The maximum absolute atomic E-state index is 12.8. The van der Waals surface area contributed by atoms with Crippen molar-refractivity contribution in [3.8, 4) is 5.82 Å². The lowest BCUT2D eigenvalue weighted by Gasteiger charge is -2.24. The van der Waals surface area contributed by atoms with Crippen molar-refractivity contribution in [2.24, 2.45) is 0 Å². The lowest BCUT2D eigenvalue weighted by Crippen LogP contribution is -2.33. The summed E-state index contributed by atoms with van der Waals surface area (Å²) in [4.78, 5) is 19.4. The molecule has 1 saturated heterocycles. The van der Waals surface area contributed by atoms with E-state index >= 15 is 0 Å². The topological polar surface area (TPSA) is 94.0 Å². The second kappa shape index (κ2) is 8.20. The predicted molar refractivity (Wildman–Crippen MR) is 100 cm³/mol. The molecule has 3 aromatic rings. The molecule has 1 aliphatic heterocycles. The van der Waals surface area contributed by atoms with Crippen molar-refractivity contribution in [1.29, 1.82) is 0 Å². The van der Waals surface area contributed by atoms with Crippen molar-refractivity contribution in [3.05, 3.63) is 65.9 Å². The normalized spacial score (nSPS) is 17.0. The molecule has 4 rings (SSSR count). The first kappa shape index (κ1) is 20.0. The predicted octanol–water partition coefficient (Wildman–Crippen LogP) is 2.59. The molecule has 0 saturated carbocycles. The molecule has 1 unspecified atom stereocenters. The number of hydrogen-bond donors (Lipinski definition) is 2. The number of anilines is 1. The summed E-state index contributed by atoms with van der Waals surface area (Å²) in [5.41, 5.74) is 0.495. The Hall–Kier alpha value is -3.31. The van der Waals surface area contributed by atoms with E-state index in [2.05, 4.69) is 25.7 Å². The van der Waals surface area contributed by atoms with Gasteiger partial charge in [-0.3, -0.25) is 4.79 Å². The quantitative estimate of drug-likeness (QED) is 0.677. The van der Waals surface area contributed by atoms with Gasteiger partial charge < -0.3 is 15.4 Å². The largest absolute Gasteiger partial charge is 0.433 e. The summed E-state index contributed by atoms with van der Waals surface area (Å²) < 4.78 is 45.2. The number of aromatic nitrogens is 4. The Kier molecular flexibility index (Phi) is 5.46. The lowest BCUT2D eigenvalue weighted by molar-refractivity contribution is -0.141. The molecule has 1 amide bonds. The molecule has 2 aromatic heterocycles. The third kappa shape index (κ3) is 4.47. The van der Waals surface area contributed by atoms with Crippen LogP contribution in [0.3, 0.4) is 0 Å². The highest BCUT2D eigenvalue weighted by molar-refractivity contribution is 6.02. The molecule has 8 nitrogen and oxygen atoms in total. The van der Waals surface area contributed by atoms with Crippen LogP contribution in [0.5, 0.6) is 0 Å². The lowest BCUT2D eigenvalue weighted by atomic mass is 10.1. The molecule has 0 bridgehead atoms. The number of alkyl halides is 3. The number of carbonyl (C=O) groups is 1. The zero-order chi connectivity index (χ0) is 21.1. The summed E-state index contributed by atoms with van der Waals surface area (Å²) in [5.74, 6) is -0.594. The highest BCUT2D eigenvalue weighted by Gasteiger charge is 2.33. The maximum atomic E-state index is 12.8. The maximum Gasteiger partial charge on any atom is 0.433 e. The summed E-state index contributed by atoms with van der Waals surface area (Å²) in [5, 5.41) is 9.97. The van der Waals surface area contributed by atoms with Crippen LogP contribution in [0, 0.1) is 0 Å². The third-order valence-corrected chi connectivity index (χ3v) is 4.47. The van der Waals surface area contributed by atoms with Gasteiger partial charge in [-0.15, -0.1) is 0 Å². The summed E-state index contributed by atoms with van der Waals surface area (Å²) in [7, 11) is 0. The fourth-order valence-corrected chi connectivity index (χ4v) is 2.96. The molecule has 1 atom stereocenters. The van der Waals surface area contributed by atoms with E-state index in [4.69, 9.17) is 4.74 Å². The van der Waals surface area contributed by atoms with Gasteiger partial charge in [-0.05, 0) is 23.8 Å². The highest BCUT2D eigenvalue weighted by atomic mass is 19.4. The summed E-state index contributed by atoms with van der Waals surface area (Å²) in [6.45, 7) is 2.19. The second-order valence-corrected chi connectivity index (χ2v) is 6.54. The number of amides is 1. The second-order valence-electron chi connectivity index (χ2n) is 6.54. The first-order valence-electron chi connectivity index (χ1n) is 9.09. The van der Waals surface area contributed by atoms with Crippen LogP contribution in [0.15, 0.2) is 48.9 Å². The molecule has 156 valence electrons. The first-order valence-corrected chi connectivity index (χ1v) is 9.09. The van der Waals surface area contributed by atoms with Crippen LogP contribution in [-0.4, -0.2) is 45.4 Å². The summed E-state index contributed by atoms with van der Waals surface area (Å²) in [6.07, 6.45) is -2.48. The van der Waals surface area contributed by atoms with E-state index in [0.29, 0.717) is 12.3 Å². The smallest absolute Gasteiger partial charge is 0.371 e. The van der Waals surface area contributed by atoms with Crippen LogP contribution in [0.2, 0.25) is 0 Å². The average Bonchev–Trinajstić information content (AvgIpc) is 3.25. The zero-order valence-corrected chi connectivity index (χ0v) is 15.6. The average molecular weight is 418 g/mol. The van der Waals surface area contributed by atoms with E-state index in [9.17, 15) is 18.0 Å². The summed E-state index contributed by atoms with van der Waals surface area (Å²) in [6, 6.07) is 9.39. The Morgan fingerprint density at radius 2 is 2.00 bits per heavy atom. The fourth-order valence-electron chi connectivity index (χ4n) is 2.96. The monoisotopic (exact) mass is 418 g/mol. The van der Waals surface area contributed by atoms with E-state index in [1.54, 1.807) is 12.1 Å². The molecule has 1 aromatic carbocycles. The van der Waals surface area contributed by atoms with Gasteiger partial charge in [0.05, 0.1) is 12.7 Å². The molecule has 30 heavy (non-hydrogen) atoms. The molecule has 3 heterocycles. The number of ether oxygens (including phenoxy) is 1. The molecule has 1 fully saturated rings. The molecule has 2 N–H and O–H groups in total. The highest BCUT2D eigenvalue weighted by Crippen LogP contribution is 2.27. The number of benzene rings is 1. The minimum atomic E-state index is -4.60. The number of morpholine rings is 1. The standard InChI is InChI=1S/C19H17F3N6O2/c20-19(21,22)16-9-17(25-11-24-16)28-7-5-14(27-28)18(29)26-13-3-1-12(2-4-13)15-10-23-6-8-30-15/h1-5,7,9,11,15,23H,6,8,10H2,(H,26,29). The molecule has 0 aliphatic carbocycles. The molecule has 0 spiro atoms. The Bertz CT molecular complexity index is 1030. The van der Waals surface area contributed by atoms with E-state index in [-0.39, 0.29) is 17.6 Å². The van der Waals surface area contributed by atoms with Crippen molar-refractivity contribution in [3.63, 3.8) is 0 Å². The van der Waals surface area contributed by atoms with Gasteiger partial charge >= 0.3 is 6.18 Å². The van der Waals surface area contributed by atoms with Gasteiger partial charge in [0.25, 0.3) is 5.91 Å². The van der Waals surface area contributed by atoms with Crippen LogP contribution in [-0.2, 0) is 10.9 Å². The number of halogens is 3. The Morgan fingerprint density at radius 3 is 2.70 bits per heavy atom.